The molecule has 122 valence electrons. The highest BCUT2D eigenvalue weighted by Crippen LogP contribution is 2.21. The lowest BCUT2D eigenvalue weighted by Crippen LogP contribution is -2.20. The van der Waals surface area contributed by atoms with Gasteiger partial charge in [0.05, 0.1) is 14.2 Å². The van der Waals surface area contributed by atoms with Crippen molar-refractivity contribution in [1.29, 1.82) is 0 Å². The van der Waals surface area contributed by atoms with E-state index < -0.39 is 0 Å². The number of methoxy groups -OCH3 is 2. The van der Waals surface area contributed by atoms with E-state index in [9.17, 15) is 4.79 Å². The van der Waals surface area contributed by atoms with E-state index in [1.54, 1.807) is 13.2 Å². The summed E-state index contributed by atoms with van der Waals surface area (Å²) in [6, 6.07) is 16.0. The van der Waals surface area contributed by atoms with Crippen LogP contribution in [0.15, 0.2) is 48.5 Å². The van der Waals surface area contributed by atoms with Crippen molar-refractivity contribution in [3.63, 3.8) is 0 Å². The van der Waals surface area contributed by atoms with Crippen LogP contribution in [0.4, 0.5) is 0 Å². The number of esters is 1. The Balaban J connectivity index is 1.97. The lowest BCUT2D eigenvalue weighted by Gasteiger charge is -2.14. The lowest BCUT2D eigenvalue weighted by molar-refractivity contribution is 0.0597. The second-order valence-corrected chi connectivity index (χ2v) is 5.47. The molecule has 1 N–H and O–H groups in total. The number of benzene rings is 2. The molecule has 2 aromatic rings. The van der Waals surface area contributed by atoms with E-state index in [0.717, 1.165) is 12.1 Å². The Hall–Kier alpha value is -2.33. The number of carbonyl (C=O) groups excluding carboxylic acids is 1. The van der Waals surface area contributed by atoms with E-state index in [2.05, 4.69) is 36.5 Å². The third-order valence-corrected chi connectivity index (χ3v) is 3.82. The smallest absolute Gasteiger partial charge is 0.341 e. The molecule has 0 spiro atoms. The van der Waals surface area contributed by atoms with Gasteiger partial charge in [0.2, 0.25) is 0 Å². The fourth-order valence-electron chi connectivity index (χ4n) is 2.47. The van der Waals surface area contributed by atoms with E-state index >= 15 is 0 Å². The van der Waals surface area contributed by atoms with Crippen molar-refractivity contribution in [2.45, 2.75) is 19.4 Å². The zero-order valence-corrected chi connectivity index (χ0v) is 13.8. The van der Waals surface area contributed by atoms with Gasteiger partial charge < -0.3 is 14.8 Å². The van der Waals surface area contributed by atoms with E-state index in [-0.39, 0.29) is 5.97 Å². The topological polar surface area (TPSA) is 47.6 Å². The predicted molar refractivity (Wildman–Crippen MR) is 90.9 cm³/mol. The van der Waals surface area contributed by atoms with Gasteiger partial charge in [0, 0.05) is 13.1 Å². The highest BCUT2D eigenvalue weighted by molar-refractivity contribution is 5.92. The fraction of sp³-hybridized carbons (Fsp3) is 0.316. The van der Waals surface area contributed by atoms with Gasteiger partial charge in [-0.25, -0.2) is 4.79 Å². The third kappa shape index (κ3) is 4.57. The van der Waals surface area contributed by atoms with Crippen LogP contribution in [0.1, 0.15) is 34.3 Å². The molecule has 0 fully saturated rings. The van der Waals surface area contributed by atoms with E-state index in [1.807, 2.05) is 18.2 Å². The Morgan fingerprint density at radius 2 is 1.87 bits per heavy atom. The zero-order chi connectivity index (χ0) is 16.7. The van der Waals surface area contributed by atoms with Crippen LogP contribution in [0.25, 0.3) is 0 Å². The molecule has 0 heterocycles. The molecule has 0 aliphatic rings. The first-order valence-corrected chi connectivity index (χ1v) is 7.66. The monoisotopic (exact) mass is 313 g/mol. The van der Waals surface area contributed by atoms with Gasteiger partial charge in [-0.15, -0.1) is 0 Å². The minimum atomic E-state index is -0.388. The predicted octanol–water partition coefficient (Wildman–Crippen LogP) is 3.38. The van der Waals surface area contributed by atoms with Crippen molar-refractivity contribution in [3.05, 3.63) is 65.2 Å². The van der Waals surface area contributed by atoms with Gasteiger partial charge in [0.15, 0.2) is 0 Å². The number of rotatable bonds is 7. The summed E-state index contributed by atoms with van der Waals surface area (Å²) in [5, 5.41) is 3.43. The van der Waals surface area contributed by atoms with Crippen LogP contribution in [0.5, 0.6) is 5.75 Å². The van der Waals surface area contributed by atoms with E-state index in [4.69, 9.17) is 9.47 Å². The van der Waals surface area contributed by atoms with Crippen LogP contribution in [0, 0.1) is 0 Å². The summed E-state index contributed by atoms with van der Waals surface area (Å²) < 4.78 is 10.00. The summed E-state index contributed by atoms with van der Waals surface area (Å²) in [5.41, 5.74) is 2.78. The SMILES string of the molecule is COC(=O)c1cc(CNCC(C)c2ccccc2)ccc1OC. The first kappa shape index (κ1) is 17.0. The fourth-order valence-corrected chi connectivity index (χ4v) is 2.47. The molecule has 1 atom stereocenters. The average molecular weight is 313 g/mol. The minimum Gasteiger partial charge on any atom is -0.496 e. The molecule has 0 saturated heterocycles. The standard InChI is InChI=1S/C19H23NO3/c1-14(16-7-5-4-6-8-16)12-20-13-15-9-10-18(22-2)17(11-15)19(21)23-3/h4-11,14,20H,12-13H2,1-3H3. The second-order valence-electron chi connectivity index (χ2n) is 5.47. The van der Waals surface area contributed by atoms with Crippen LogP contribution < -0.4 is 10.1 Å². The van der Waals surface area contributed by atoms with Crippen molar-refractivity contribution < 1.29 is 14.3 Å². The molecule has 4 nitrogen and oxygen atoms in total. The highest BCUT2D eigenvalue weighted by Gasteiger charge is 2.13. The number of hydrogen-bond acceptors (Lipinski definition) is 4. The zero-order valence-electron chi connectivity index (χ0n) is 13.8. The lowest BCUT2D eigenvalue weighted by atomic mass is 10.0. The number of nitrogens with one attached hydrogen (secondary N) is 1. The van der Waals surface area contributed by atoms with Crippen LogP contribution in [-0.2, 0) is 11.3 Å². The van der Waals surface area contributed by atoms with Gasteiger partial charge in [-0.05, 0) is 29.2 Å². The van der Waals surface area contributed by atoms with Crippen molar-refractivity contribution in [2.75, 3.05) is 20.8 Å². The summed E-state index contributed by atoms with van der Waals surface area (Å²) >= 11 is 0. The van der Waals surface area contributed by atoms with Crippen molar-refractivity contribution in [2.24, 2.45) is 0 Å². The molecule has 4 heteroatoms. The van der Waals surface area contributed by atoms with Gasteiger partial charge in [-0.3, -0.25) is 0 Å². The van der Waals surface area contributed by atoms with Gasteiger partial charge in [-0.1, -0.05) is 43.3 Å². The van der Waals surface area contributed by atoms with E-state index in [1.165, 1.54) is 12.7 Å². The highest BCUT2D eigenvalue weighted by atomic mass is 16.5. The maximum absolute atomic E-state index is 11.8. The molecule has 1 unspecified atom stereocenters. The molecule has 0 aliphatic carbocycles. The molecular weight excluding hydrogens is 290 g/mol. The molecule has 0 amide bonds. The number of hydrogen-bond donors (Lipinski definition) is 1. The average Bonchev–Trinajstić information content (AvgIpc) is 2.61. The molecule has 2 aromatic carbocycles. The Bertz CT molecular complexity index is 640. The van der Waals surface area contributed by atoms with Crippen molar-refractivity contribution >= 4 is 5.97 Å². The first-order chi connectivity index (χ1) is 11.2. The maximum Gasteiger partial charge on any atom is 0.341 e. The Kier molecular flexibility index (Phi) is 6.18. The molecule has 2 rings (SSSR count). The molecule has 0 bridgehead atoms. The molecule has 0 saturated carbocycles. The summed E-state index contributed by atoms with van der Waals surface area (Å²) in [5.74, 6) is 0.564. The molecule has 0 aromatic heterocycles. The van der Waals surface area contributed by atoms with Gasteiger partial charge in [0.25, 0.3) is 0 Å². The van der Waals surface area contributed by atoms with Crippen molar-refractivity contribution in [1.82, 2.24) is 5.32 Å². The van der Waals surface area contributed by atoms with Gasteiger partial charge >= 0.3 is 5.97 Å². The molecule has 23 heavy (non-hydrogen) atoms. The quantitative estimate of drug-likeness (QED) is 0.796. The van der Waals surface area contributed by atoms with Crippen LogP contribution in [0.3, 0.4) is 0 Å². The number of carbonyl (C=O) groups is 1. The Morgan fingerprint density at radius 3 is 2.52 bits per heavy atom. The third-order valence-electron chi connectivity index (χ3n) is 3.82. The first-order valence-electron chi connectivity index (χ1n) is 7.66. The summed E-state index contributed by atoms with van der Waals surface area (Å²) in [6.45, 7) is 3.74. The Morgan fingerprint density at radius 1 is 1.13 bits per heavy atom. The maximum atomic E-state index is 11.8. The molecular formula is C19H23NO3. The summed E-state index contributed by atoms with van der Waals surface area (Å²) in [4.78, 5) is 11.8. The normalized spacial score (nSPS) is 11.8. The largest absolute Gasteiger partial charge is 0.496 e. The second kappa shape index (κ2) is 8.34. The number of ether oxygens (including phenoxy) is 2. The van der Waals surface area contributed by atoms with Gasteiger partial charge in [0.1, 0.15) is 11.3 Å². The minimum absolute atomic E-state index is 0.388. The van der Waals surface area contributed by atoms with Crippen molar-refractivity contribution in [3.8, 4) is 5.75 Å². The van der Waals surface area contributed by atoms with Crippen LogP contribution in [-0.4, -0.2) is 26.7 Å². The summed E-state index contributed by atoms with van der Waals surface area (Å²) in [6.07, 6.45) is 0. The van der Waals surface area contributed by atoms with E-state index in [0.29, 0.717) is 23.8 Å². The van der Waals surface area contributed by atoms with Crippen LogP contribution >= 0.6 is 0 Å². The van der Waals surface area contributed by atoms with Gasteiger partial charge in [-0.2, -0.15) is 0 Å². The molecule has 0 radical (unpaired) electrons. The Labute approximate surface area is 137 Å². The van der Waals surface area contributed by atoms with Crippen LogP contribution in [0.2, 0.25) is 0 Å². The molecule has 0 aliphatic heterocycles. The summed E-state index contributed by atoms with van der Waals surface area (Å²) in [7, 11) is 2.91.